The van der Waals surface area contributed by atoms with E-state index in [-0.39, 0.29) is 0 Å². The molecule has 0 aromatic carbocycles. The zero-order chi connectivity index (χ0) is 14.4. The van der Waals surface area contributed by atoms with Crippen molar-refractivity contribution in [1.82, 2.24) is 25.3 Å². The van der Waals surface area contributed by atoms with Crippen LogP contribution in [-0.4, -0.2) is 33.0 Å². The van der Waals surface area contributed by atoms with Crippen molar-refractivity contribution in [3.63, 3.8) is 0 Å². The molecule has 0 atom stereocenters. The van der Waals surface area contributed by atoms with Crippen LogP contribution in [0.25, 0.3) is 11.5 Å². The molecular formula is C15H21N5. The first-order valence-electron chi connectivity index (χ1n) is 7.03. The van der Waals surface area contributed by atoms with Crippen LogP contribution in [0.2, 0.25) is 0 Å². The average Bonchev–Trinajstić information content (AvgIpc) is 2.46. The summed E-state index contributed by atoms with van der Waals surface area (Å²) in [5.41, 5.74) is 3.99. The summed E-state index contributed by atoms with van der Waals surface area (Å²) >= 11 is 0. The average molecular weight is 271 g/mol. The molecule has 2 heterocycles. The highest BCUT2D eigenvalue weighted by Gasteiger charge is 2.10. The molecule has 0 fully saturated rings. The molecule has 5 heteroatoms. The third-order valence-electron chi connectivity index (χ3n) is 3.19. The topological polar surface area (TPSA) is 63.6 Å². The van der Waals surface area contributed by atoms with Crippen LogP contribution in [0.4, 0.5) is 0 Å². The molecule has 2 aromatic heterocycles. The molecule has 0 aliphatic carbocycles. The van der Waals surface area contributed by atoms with Crippen molar-refractivity contribution in [2.24, 2.45) is 0 Å². The minimum absolute atomic E-state index is 0.651. The normalized spacial score (nSPS) is 10.8. The molecule has 0 radical (unpaired) electrons. The third kappa shape index (κ3) is 3.57. The van der Waals surface area contributed by atoms with Gasteiger partial charge in [0.2, 0.25) is 0 Å². The monoisotopic (exact) mass is 271 g/mol. The van der Waals surface area contributed by atoms with E-state index in [1.807, 2.05) is 13.8 Å². The summed E-state index contributed by atoms with van der Waals surface area (Å²) in [7, 11) is 0. The van der Waals surface area contributed by atoms with E-state index < -0.39 is 0 Å². The van der Waals surface area contributed by atoms with Gasteiger partial charge in [-0.25, -0.2) is 15.0 Å². The first-order chi connectivity index (χ1) is 9.72. The second-order valence-corrected chi connectivity index (χ2v) is 4.79. The Labute approximate surface area is 119 Å². The Morgan fingerprint density at radius 2 is 1.80 bits per heavy atom. The molecular weight excluding hydrogens is 250 g/mol. The number of aromatic nitrogens is 4. The standard InChI is InChI=1S/C15H21N5/c1-4-6-16-7-5-13-11(2)19-15(20-12(13)3)14-10-17-8-9-18-14/h8-10,16H,4-7H2,1-3H3. The quantitative estimate of drug-likeness (QED) is 0.815. The van der Waals surface area contributed by atoms with Crippen LogP contribution >= 0.6 is 0 Å². The van der Waals surface area contributed by atoms with Crippen LogP contribution in [0.5, 0.6) is 0 Å². The maximum Gasteiger partial charge on any atom is 0.180 e. The SMILES string of the molecule is CCCNCCc1c(C)nc(-c2cnccn2)nc1C. The van der Waals surface area contributed by atoms with E-state index in [9.17, 15) is 0 Å². The van der Waals surface area contributed by atoms with Gasteiger partial charge in [-0.2, -0.15) is 0 Å². The van der Waals surface area contributed by atoms with Crippen molar-refractivity contribution >= 4 is 0 Å². The second kappa shape index (κ2) is 7.05. The molecule has 0 spiro atoms. The Balaban J connectivity index is 2.17. The third-order valence-corrected chi connectivity index (χ3v) is 3.19. The van der Waals surface area contributed by atoms with Crippen LogP contribution in [0.15, 0.2) is 18.6 Å². The van der Waals surface area contributed by atoms with E-state index in [1.165, 1.54) is 5.56 Å². The molecule has 0 aliphatic heterocycles. The molecule has 0 saturated carbocycles. The number of hydrogen-bond acceptors (Lipinski definition) is 5. The summed E-state index contributed by atoms with van der Waals surface area (Å²) in [6, 6.07) is 0. The molecule has 0 unspecified atom stereocenters. The van der Waals surface area contributed by atoms with Gasteiger partial charge in [0.05, 0.1) is 6.20 Å². The van der Waals surface area contributed by atoms with Gasteiger partial charge in [-0.05, 0) is 45.3 Å². The number of hydrogen-bond donors (Lipinski definition) is 1. The van der Waals surface area contributed by atoms with Gasteiger partial charge in [-0.15, -0.1) is 0 Å². The van der Waals surface area contributed by atoms with Crippen molar-refractivity contribution in [1.29, 1.82) is 0 Å². The van der Waals surface area contributed by atoms with Crippen LogP contribution in [0, 0.1) is 13.8 Å². The van der Waals surface area contributed by atoms with Crippen LogP contribution in [0.1, 0.15) is 30.3 Å². The Kier molecular flexibility index (Phi) is 5.12. The van der Waals surface area contributed by atoms with E-state index in [0.717, 1.165) is 37.3 Å². The minimum atomic E-state index is 0.651. The Morgan fingerprint density at radius 1 is 1.05 bits per heavy atom. The summed E-state index contributed by atoms with van der Waals surface area (Å²) in [5.74, 6) is 0.651. The smallest absolute Gasteiger partial charge is 0.180 e. The predicted octanol–water partition coefficient (Wildman–Crippen LogP) is 2.09. The number of aryl methyl sites for hydroxylation is 2. The number of rotatable bonds is 6. The largest absolute Gasteiger partial charge is 0.316 e. The summed E-state index contributed by atoms with van der Waals surface area (Å²) in [5, 5.41) is 3.41. The molecule has 1 N–H and O–H groups in total. The summed E-state index contributed by atoms with van der Waals surface area (Å²) in [6.07, 6.45) is 7.11. The number of nitrogens with one attached hydrogen (secondary N) is 1. The Hall–Kier alpha value is -1.88. The highest BCUT2D eigenvalue weighted by atomic mass is 14.9. The van der Waals surface area contributed by atoms with E-state index in [2.05, 4.69) is 32.2 Å². The predicted molar refractivity (Wildman–Crippen MR) is 79.4 cm³/mol. The molecule has 5 nitrogen and oxygen atoms in total. The van der Waals surface area contributed by atoms with E-state index in [1.54, 1.807) is 18.6 Å². The van der Waals surface area contributed by atoms with Gasteiger partial charge in [-0.3, -0.25) is 4.98 Å². The Bertz CT molecular complexity index is 530. The second-order valence-electron chi connectivity index (χ2n) is 4.79. The van der Waals surface area contributed by atoms with Crippen LogP contribution < -0.4 is 5.32 Å². The van der Waals surface area contributed by atoms with Gasteiger partial charge in [0, 0.05) is 23.8 Å². The van der Waals surface area contributed by atoms with Crippen LogP contribution in [0.3, 0.4) is 0 Å². The summed E-state index contributed by atoms with van der Waals surface area (Å²) < 4.78 is 0. The summed E-state index contributed by atoms with van der Waals surface area (Å²) in [6.45, 7) is 8.25. The first-order valence-corrected chi connectivity index (χ1v) is 7.03. The van der Waals surface area contributed by atoms with Crippen molar-refractivity contribution in [2.75, 3.05) is 13.1 Å². The minimum Gasteiger partial charge on any atom is -0.316 e. The van der Waals surface area contributed by atoms with Crippen molar-refractivity contribution in [2.45, 2.75) is 33.6 Å². The zero-order valence-corrected chi connectivity index (χ0v) is 12.3. The van der Waals surface area contributed by atoms with E-state index in [4.69, 9.17) is 0 Å². The first kappa shape index (κ1) is 14.5. The lowest BCUT2D eigenvalue weighted by Crippen LogP contribution is -2.19. The van der Waals surface area contributed by atoms with Crippen LogP contribution in [-0.2, 0) is 6.42 Å². The van der Waals surface area contributed by atoms with E-state index in [0.29, 0.717) is 11.5 Å². The Morgan fingerprint density at radius 3 is 2.40 bits per heavy atom. The fourth-order valence-electron chi connectivity index (χ4n) is 2.15. The highest BCUT2D eigenvalue weighted by Crippen LogP contribution is 2.16. The molecule has 0 saturated heterocycles. The number of nitrogens with zero attached hydrogens (tertiary/aromatic N) is 4. The van der Waals surface area contributed by atoms with Crippen molar-refractivity contribution in [3.05, 3.63) is 35.5 Å². The molecule has 20 heavy (non-hydrogen) atoms. The molecule has 2 aromatic rings. The lowest BCUT2D eigenvalue weighted by Gasteiger charge is -2.11. The highest BCUT2D eigenvalue weighted by molar-refractivity contribution is 5.48. The fourth-order valence-corrected chi connectivity index (χ4v) is 2.15. The van der Waals surface area contributed by atoms with Gasteiger partial charge in [-0.1, -0.05) is 6.92 Å². The molecule has 0 bridgehead atoms. The van der Waals surface area contributed by atoms with E-state index >= 15 is 0 Å². The lowest BCUT2D eigenvalue weighted by atomic mass is 10.1. The fraction of sp³-hybridized carbons (Fsp3) is 0.467. The molecule has 106 valence electrons. The summed E-state index contributed by atoms with van der Waals surface area (Å²) in [4.78, 5) is 17.4. The maximum atomic E-state index is 4.56. The molecule has 2 rings (SSSR count). The van der Waals surface area contributed by atoms with Gasteiger partial charge in [0.1, 0.15) is 5.69 Å². The maximum absolute atomic E-state index is 4.56. The van der Waals surface area contributed by atoms with Gasteiger partial charge in [0.15, 0.2) is 5.82 Å². The zero-order valence-electron chi connectivity index (χ0n) is 12.3. The van der Waals surface area contributed by atoms with Gasteiger partial charge < -0.3 is 5.32 Å². The van der Waals surface area contributed by atoms with Crippen molar-refractivity contribution < 1.29 is 0 Å². The van der Waals surface area contributed by atoms with Crippen molar-refractivity contribution in [3.8, 4) is 11.5 Å². The lowest BCUT2D eigenvalue weighted by molar-refractivity contribution is 0.666. The molecule has 0 aliphatic rings. The molecule has 0 amide bonds. The van der Waals surface area contributed by atoms with Gasteiger partial charge >= 0.3 is 0 Å². The van der Waals surface area contributed by atoms with Gasteiger partial charge in [0.25, 0.3) is 0 Å².